The van der Waals surface area contributed by atoms with Crippen LogP contribution in [0, 0.1) is 10.1 Å². The van der Waals surface area contributed by atoms with E-state index in [-0.39, 0.29) is 16.3 Å². The molecule has 0 aliphatic rings. The highest BCUT2D eigenvalue weighted by atomic mass is 35.5. The molecule has 2 rings (SSSR count). The van der Waals surface area contributed by atoms with Crippen LogP contribution in [0.1, 0.15) is 28.9 Å². The van der Waals surface area contributed by atoms with Crippen molar-refractivity contribution in [3.8, 4) is 11.5 Å². The van der Waals surface area contributed by atoms with Crippen molar-refractivity contribution in [1.29, 1.82) is 0 Å². The smallest absolute Gasteiger partial charge is 0.270 e. The van der Waals surface area contributed by atoms with E-state index in [9.17, 15) is 14.9 Å². The molecule has 0 aliphatic carbocycles. The Morgan fingerprint density at radius 2 is 1.92 bits per heavy atom. The van der Waals surface area contributed by atoms with Crippen molar-refractivity contribution >= 4 is 23.2 Å². The molecule has 0 aliphatic heterocycles. The Bertz CT molecular complexity index is 810. The largest absolute Gasteiger partial charge is 0.497 e. The van der Waals surface area contributed by atoms with Crippen LogP contribution in [-0.2, 0) is 0 Å². The zero-order chi connectivity index (χ0) is 18.6. The summed E-state index contributed by atoms with van der Waals surface area (Å²) in [5, 5.41) is 13.6. The summed E-state index contributed by atoms with van der Waals surface area (Å²) < 4.78 is 10.5. The first-order valence-electron chi connectivity index (χ1n) is 7.34. The van der Waals surface area contributed by atoms with E-state index >= 15 is 0 Å². The van der Waals surface area contributed by atoms with Gasteiger partial charge in [-0.05, 0) is 31.2 Å². The van der Waals surface area contributed by atoms with Crippen LogP contribution in [0.5, 0.6) is 11.5 Å². The maximum atomic E-state index is 12.4. The zero-order valence-electron chi connectivity index (χ0n) is 13.9. The number of carbonyl (C=O) groups is 1. The van der Waals surface area contributed by atoms with Gasteiger partial charge in [-0.15, -0.1) is 0 Å². The van der Waals surface area contributed by atoms with Crippen LogP contribution in [0.15, 0.2) is 36.4 Å². The predicted molar refractivity (Wildman–Crippen MR) is 93.5 cm³/mol. The van der Waals surface area contributed by atoms with Crippen molar-refractivity contribution in [2.45, 2.75) is 13.0 Å². The lowest BCUT2D eigenvalue weighted by molar-refractivity contribution is -0.384. The molecule has 132 valence electrons. The Morgan fingerprint density at radius 1 is 1.20 bits per heavy atom. The van der Waals surface area contributed by atoms with Gasteiger partial charge in [-0.2, -0.15) is 0 Å². The molecule has 0 saturated heterocycles. The molecule has 0 heterocycles. The molecular weight excluding hydrogens is 348 g/mol. The topological polar surface area (TPSA) is 90.7 Å². The number of nitrogens with one attached hydrogen (secondary N) is 1. The Morgan fingerprint density at radius 3 is 2.48 bits per heavy atom. The highest BCUT2D eigenvalue weighted by Gasteiger charge is 2.19. The van der Waals surface area contributed by atoms with Gasteiger partial charge < -0.3 is 14.8 Å². The van der Waals surface area contributed by atoms with Crippen molar-refractivity contribution in [3.63, 3.8) is 0 Å². The second-order valence-electron chi connectivity index (χ2n) is 5.22. The highest BCUT2D eigenvalue weighted by Crippen LogP contribution is 2.30. The molecule has 2 aromatic rings. The quantitative estimate of drug-likeness (QED) is 0.622. The maximum Gasteiger partial charge on any atom is 0.270 e. The average Bonchev–Trinajstić information content (AvgIpc) is 2.60. The second kappa shape index (κ2) is 7.85. The van der Waals surface area contributed by atoms with Gasteiger partial charge in [-0.25, -0.2) is 0 Å². The molecule has 0 aromatic heterocycles. The number of hydrogen-bond donors (Lipinski definition) is 1. The standard InChI is InChI=1S/C17H17ClN2O5/c1-10(14-9-12(24-2)5-7-16(14)25-3)19-17(21)13-6-4-11(20(22)23)8-15(13)18/h4-10H,1-3H3,(H,19,21)/t10-/m0/s1. The molecule has 0 unspecified atom stereocenters. The van der Waals surface area contributed by atoms with Crippen LogP contribution in [0.25, 0.3) is 0 Å². The fraction of sp³-hybridized carbons (Fsp3) is 0.235. The van der Waals surface area contributed by atoms with Gasteiger partial charge in [-0.1, -0.05) is 11.6 Å². The van der Waals surface area contributed by atoms with Gasteiger partial charge in [0.05, 0.1) is 35.8 Å². The summed E-state index contributed by atoms with van der Waals surface area (Å²) >= 11 is 5.99. The van der Waals surface area contributed by atoms with Crippen molar-refractivity contribution in [2.75, 3.05) is 14.2 Å². The first kappa shape index (κ1) is 18.5. The summed E-state index contributed by atoms with van der Waals surface area (Å²) in [5.74, 6) is 0.783. The molecule has 0 saturated carbocycles. The Hall–Kier alpha value is -2.80. The van der Waals surface area contributed by atoms with Gasteiger partial charge in [0.1, 0.15) is 11.5 Å². The Kier molecular flexibility index (Phi) is 5.82. The lowest BCUT2D eigenvalue weighted by atomic mass is 10.1. The number of amides is 1. The van der Waals surface area contributed by atoms with Gasteiger partial charge in [0.2, 0.25) is 0 Å². The molecule has 0 radical (unpaired) electrons. The predicted octanol–water partition coefficient (Wildman–Crippen LogP) is 3.76. The Balaban J connectivity index is 2.24. The third kappa shape index (κ3) is 4.19. The minimum Gasteiger partial charge on any atom is -0.497 e. The SMILES string of the molecule is COc1ccc(OC)c([C@H](C)NC(=O)c2ccc([N+](=O)[O-])cc2Cl)c1. The number of halogens is 1. The normalized spacial score (nSPS) is 11.5. The third-order valence-electron chi connectivity index (χ3n) is 3.66. The van der Waals surface area contributed by atoms with Gasteiger partial charge in [0.25, 0.3) is 11.6 Å². The number of nitro benzene ring substituents is 1. The van der Waals surface area contributed by atoms with Crippen LogP contribution in [0.2, 0.25) is 5.02 Å². The van der Waals surface area contributed by atoms with E-state index in [1.165, 1.54) is 19.2 Å². The first-order valence-corrected chi connectivity index (χ1v) is 7.72. The van der Waals surface area contributed by atoms with Gasteiger partial charge in [0, 0.05) is 17.7 Å². The lowest BCUT2D eigenvalue weighted by Crippen LogP contribution is -2.27. The number of nitrogens with zero attached hydrogens (tertiary/aromatic N) is 1. The number of carbonyl (C=O) groups excluding carboxylic acids is 1. The molecule has 2 aromatic carbocycles. The van der Waals surface area contributed by atoms with E-state index in [1.807, 2.05) is 0 Å². The summed E-state index contributed by atoms with van der Waals surface area (Å²) in [4.78, 5) is 22.6. The number of nitro groups is 1. The van der Waals surface area contributed by atoms with Crippen LogP contribution < -0.4 is 14.8 Å². The van der Waals surface area contributed by atoms with Crippen molar-refractivity contribution in [3.05, 3.63) is 62.7 Å². The fourth-order valence-electron chi connectivity index (χ4n) is 2.33. The van der Waals surface area contributed by atoms with Crippen LogP contribution >= 0.6 is 11.6 Å². The van der Waals surface area contributed by atoms with Gasteiger partial charge >= 0.3 is 0 Å². The first-order chi connectivity index (χ1) is 11.9. The third-order valence-corrected chi connectivity index (χ3v) is 3.97. The van der Waals surface area contributed by atoms with Gasteiger partial charge in [-0.3, -0.25) is 14.9 Å². The van der Waals surface area contributed by atoms with Crippen molar-refractivity contribution in [1.82, 2.24) is 5.32 Å². The molecule has 8 heteroatoms. The lowest BCUT2D eigenvalue weighted by Gasteiger charge is -2.18. The molecule has 7 nitrogen and oxygen atoms in total. The molecule has 0 spiro atoms. The summed E-state index contributed by atoms with van der Waals surface area (Å²) in [5.41, 5.74) is 0.707. The number of hydrogen-bond acceptors (Lipinski definition) is 5. The fourth-order valence-corrected chi connectivity index (χ4v) is 2.59. The summed E-state index contributed by atoms with van der Waals surface area (Å²) in [6, 6.07) is 8.57. The summed E-state index contributed by atoms with van der Waals surface area (Å²) in [6.07, 6.45) is 0. The molecule has 1 N–H and O–H groups in total. The van der Waals surface area contributed by atoms with E-state index in [0.717, 1.165) is 11.6 Å². The van der Waals surface area contributed by atoms with E-state index < -0.39 is 16.9 Å². The molecule has 0 bridgehead atoms. The molecule has 0 fully saturated rings. The number of methoxy groups -OCH3 is 2. The minimum atomic E-state index is -0.572. The van der Waals surface area contributed by atoms with Crippen LogP contribution in [0.4, 0.5) is 5.69 Å². The van der Waals surface area contributed by atoms with E-state index in [1.54, 1.807) is 32.2 Å². The number of ether oxygens (including phenoxy) is 2. The molecule has 25 heavy (non-hydrogen) atoms. The van der Waals surface area contributed by atoms with Crippen molar-refractivity contribution < 1.29 is 19.2 Å². The molecule has 1 atom stereocenters. The minimum absolute atomic E-state index is 0.0107. The maximum absolute atomic E-state index is 12.4. The zero-order valence-corrected chi connectivity index (χ0v) is 14.7. The number of non-ortho nitro benzene ring substituents is 1. The second-order valence-corrected chi connectivity index (χ2v) is 5.63. The Labute approximate surface area is 149 Å². The molecule has 1 amide bonds. The van der Waals surface area contributed by atoms with Gasteiger partial charge in [0.15, 0.2) is 0 Å². The summed E-state index contributed by atoms with van der Waals surface area (Å²) in [7, 11) is 3.08. The average molecular weight is 365 g/mol. The highest BCUT2D eigenvalue weighted by molar-refractivity contribution is 6.34. The number of rotatable bonds is 6. The van der Waals surface area contributed by atoms with Crippen LogP contribution in [-0.4, -0.2) is 25.1 Å². The van der Waals surface area contributed by atoms with E-state index in [2.05, 4.69) is 5.32 Å². The van der Waals surface area contributed by atoms with Crippen LogP contribution in [0.3, 0.4) is 0 Å². The number of benzene rings is 2. The van der Waals surface area contributed by atoms with Crippen molar-refractivity contribution in [2.24, 2.45) is 0 Å². The van der Waals surface area contributed by atoms with E-state index in [0.29, 0.717) is 11.5 Å². The molecular formula is C17H17ClN2O5. The summed E-state index contributed by atoms with van der Waals surface area (Å²) in [6.45, 7) is 1.79. The van der Waals surface area contributed by atoms with E-state index in [4.69, 9.17) is 21.1 Å². The monoisotopic (exact) mass is 364 g/mol.